The van der Waals surface area contributed by atoms with Crippen LogP contribution in [0.4, 0.5) is 18.9 Å². The molecule has 0 aliphatic heterocycles. The van der Waals surface area contributed by atoms with Crippen LogP contribution in [0.15, 0.2) is 61.1 Å². The Balaban J connectivity index is 1.35. The summed E-state index contributed by atoms with van der Waals surface area (Å²) in [6, 6.07) is 11.8. The van der Waals surface area contributed by atoms with Gasteiger partial charge in [0, 0.05) is 18.1 Å². The van der Waals surface area contributed by atoms with E-state index in [0.717, 1.165) is 16.8 Å². The fourth-order valence-corrected chi connectivity index (χ4v) is 4.39. The van der Waals surface area contributed by atoms with Crippen molar-refractivity contribution >= 4 is 40.0 Å². The minimum Gasteiger partial charge on any atom is -0.351 e. The van der Waals surface area contributed by atoms with E-state index in [4.69, 9.17) is 11.6 Å². The summed E-state index contributed by atoms with van der Waals surface area (Å²) in [7, 11) is 0. The number of carbonyl (C=O) groups is 2. The summed E-state index contributed by atoms with van der Waals surface area (Å²) in [6.07, 6.45) is 0.0270. The standard InChI is InChI=1S/C26H21ClF3N5O2/c1-15-9-17(13-31-11-15)35-22-4-2-3-21(19(22)14-33-35)34-23(36)18-10-16(5-6-20(18)27)12-32-24(37)25(7-8-25)26(28,29)30/h2-6,9-11,13-14H,7-8,12H2,1H3,(H,32,37)(H,34,36). The molecule has 0 unspecified atom stereocenters. The van der Waals surface area contributed by atoms with Crippen LogP contribution in [0.5, 0.6) is 0 Å². The summed E-state index contributed by atoms with van der Waals surface area (Å²) in [4.78, 5) is 29.5. The van der Waals surface area contributed by atoms with E-state index in [9.17, 15) is 22.8 Å². The number of anilines is 1. The van der Waals surface area contributed by atoms with Gasteiger partial charge in [0.2, 0.25) is 5.91 Å². The number of benzene rings is 2. The van der Waals surface area contributed by atoms with Gasteiger partial charge in [0.15, 0.2) is 0 Å². The van der Waals surface area contributed by atoms with Crippen molar-refractivity contribution in [2.45, 2.75) is 32.5 Å². The maximum absolute atomic E-state index is 13.2. The lowest BCUT2D eigenvalue weighted by atomic mass is 10.1. The van der Waals surface area contributed by atoms with Gasteiger partial charge in [0.25, 0.3) is 5.91 Å². The molecule has 2 aromatic carbocycles. The van der Waals surface area contributed by atoms with E-state index >= 15 is 0 Å². The van der Waals surface area contributed by atoms with Gasteiger partial charge in [-0.1, -0.05) is 23.7 Å². The number of pyridine rings is 1. The van der Waals surface area contributed by atoms with E-state index in [1.54, 1.807) is 41.5 Å². The van der Waals surface area contributed by atoms with Crippen LogP contribution >= 0.6 is 11.6 Å². The summed E-state index contributed by atoms with van der Waals surface area (Å²) in [5, 5.41) is 10.5. The largest absolute Gasteiger partial charge is 0.403 e. The van der Waals surface area contributed by atoms with Gasteiger partial charge in [-0.2, -0.15) is 18.3 Å². The maximum Gasteiger partial charge on any atom is 0.403 e. The van der Waals surface area contributed by atoms with Crippen LogP contribution in [0.25, 0.3) is 16.6 Å². The number of nitrogens with zero attached hydrogens (tertiary/aromatic N) is 3. The van der Waals surface area contributed by atoms with E-state index in [1.807, 2.05) is 19.1 Å². The molecule has 11 heteroatoms. The van der Waals surface area contributed by atoms with Crippen molar-refractivity contribution in [3.63, 3.8) is 0 Å². The first kappa shape index (κ1) is 24.8. The molecule has 0 bridgehead atoms. The zero-order valence-corrected chi connectivity index (χ0v) is 20.3. The number of hydrogen-bond donors (Lipinski definition) is 2. The molecule has 0 spiro atoms. The second-order valence-corrected chi connectivity index (χ2v) is 9.45. The van der Waals surface area contributed by atoms with Gasteiger partial charge in [0.1, 0.15) is 5.41 Å². The highest BCUT2D eigenvalue weighted by molar-refractivity contribution is 6.34. The van der Waals surface area contributed by atoms with E-state index < -0.39 is 23.4 Å². The third-order valence-corrected chi connectivity index (χ3v) is 6.75. The second kappa shape index (κ2) is 9.19. The van der Waals surface area contributed by atoms with Crippen LogP contribution in [0, 0.1) is 12.3 Å². The molecule has 2 heterocycles. The first-order valence-corrected chi connectivity index (χ1v) is 11.8. The number of aryl methyl sites for hydroxylation is 1. The van der Waals surface area contributed by atoms with Crippen LogP contribution in [0.3, 0.4) is 0 Å². The topological polar surface area (TPSA) is 88.9 Å². The van der Waals surface area contributed by atoms with Crippen LogP contribution in [0.1, 0.15) is 34.3 Å². The molecule has 1 fully saturated rings. The number of hydrogen-bond acceptors (Lipinski definition) is 4. The molecular weight excluding hydrogens is 507 g/mol. The van der Waals surface area contributed by atoms with Gasteiger partial charge in [-0.3, -0.25) is 14.6 Å². The molecule has 2 amide bonds. The Hall–Kier alpha value is -3.92. The highest BCUT2D eigenvalue weighted by Gasteiger charge is 2.68. The normalized spacial score (nSPS) is 14.4. The Morgan fingerprint density at radius 1 is 1.11 bits per heavy atom. The molecule has 2 N–H and O–H groups in total. The van der Waals surface area contributed by atoms with Gasteiger partial charge in [0.05, 0.1) is 39.9 Å². The number of rotatable bonds is 6. The van der Waals surface area contributed by atoms with Crippen LogP contribution < -0.4 is 10.6 Å². The van der Waals surface area contributed by atoms with Gasteiger partial charge in [-0.25, -0.2) is 4.68 Å². The number of amides is 2. The molecule has 0 atom stereocenters. The number of halogens is 4. The van der Waals surface area contributed by atoms with Crippen LogP contribution in [-0.2, 0) is 11.3 Å². The Bertz CT molecular complexity index is 1530. The maximum atomic E-state index is 13.2. The Morgan fingerprint density at radius 3 is 2.59 bits per heavy atom. The minimum atomic E-state index is -4.59. The molecule has 1 aliphatic rings. The summed E-state index contributed by atoms with van der Waals surface area (Å²) in [5.74, 6) is -1.57. The average molecular weight is 528 g/mol. The molecular formula is C26H21ClF3N5O2. The highest BCUT2D eigenvalue weighted by Crippen LogP contribution is 2.57. The molecule has 37 heavy (non-hydrogen) atoms. The first-order chi connectivity index (χ1) is 17.6. The van der Waals surface area contributed by atoms with E-state index in [-0.39, 0.29) is 30.0 Å². The van der Waals surface area contributed by atoms with Crippen LogP contribution in [-0.4, -0.2) is 32.8 Å². The van der Waals surface area contributed by atoms with Gasteiger partial charge in [-0.15, -0.1) is 0 Å². The lowest BCUT2D eigenvalue weighted by molar-refractivity contribution is -0.192. The van der Waals surface area contributed by atoms with E-state index in [0.29, 0.717) is 16.6 Å². The van der Waals surface area contributed by atoms with Crippen molar-refractivity contribution in [2.24, 2.45) is 5.41 Å². The number of alkyl halides is 3. The Kier molecular flexibility index (Phi) is 6.15. The lowest BCUT2D eigenvalue weighted by Crippen LogP contribution is -2.40. The molecule has 2 aromatic heterocycles. The van der Waals surface area contributed by atoms with Crippen LogP contribution in [0.2, 0.25) is 5.02 Å². The van der Waals surface area contributed by atoms with Crippen molar-refractivity contribution in [3.8, 4) is 5.69 Å². The van der Waals surface area contributed by atoms with Crippen molar-refractivity contribution in [3.05, 3.63) is 82.8 Å². The quantitative estimate of drug-likeness (QED) is 0.342. The molecule has 4 aromatic rings. The Morgan fingerprint density at radius 2 is 1.89 bits per heavy atom. The molecule has 1 aliphatic carbocycles. The predicted octanol–water partition coefficient (Wildman–Crippen LogP) is 5.59. The predicted molar refractivity (Wildman–Crippen MR) is 133 cm³/mol. The number of fused-ring (bicyclic) bond motifs is 1. The first-order valence-electron chi connectivity index (χ1n) is 11.4. The molecule has 0 radical (unpaired) electrons. The van der Waals surface area contributed by atoms with Gasteiger partial charge < -0.3 is 10.6 Å². The average Bonchev–Trinajstić information content (AvgIpc) is 3.57. The summed E-state index contributed by atoms with van der Waals surface area (Å²) in [5.41, 5.74) is 1.27. The monoisotopic (exact) mass is 527 g/mol. The SMILES string of the molecule is Cc1cncc(-n2ncc3c(NC(=O)c4cc(CNC(=O)C5(C(F)(F)F)CC5)ccc4Cl)cccc32)c1. The third kappa shape index (κ3) is 4.64. The summed E-state index contributed by atoms with van der Waals surface area (Å²) >= 11 is 6.26. The smallest absolute Gasteiger partial charge is 0.351 e. The third-order valence-electron chi connectivity index (χ3n) is 6.42. The number of nitrogens with one attached hydrogen (secondary N) is 2. The highest BCUT2D eigenvalue weighted by atomic mass is 35.5. The van der Waals surface area contributed by atoms with E-state index in [2.05, 4.69) is 20.7 Å². The minimum absolute atomic E-state index is 0.123. The molecule has 5 rings (SSSR count). The molecule has 190 valence electrons. The van der Waals surface area contributed by atoms with Crippen molar-refractivity contribution < 1.29 is 22.8 Å². The van der Waals surface area contributed by atoms with Crippen molar-refractivity contribution in [1.29, 1.82) is 0 Å². The zero-order chi connectivity index (χ0) is 26.4. The zero-order valence-electron chi connectivity index (χ0n) is 19.6. The fraction of sp³-hybridized carbons (Fsp3) is 0.231. The summed E-state index contributed by atoms with van der Waals surface area (Å²) in [6.45, 7) is 1.76. The van der Waals surface area contributed by atoms with Crippen molar-refractivity contribution in [2.75, 3.05) is 5.32 Å². The molecule has 1 saturated carbocycles. The summed E-state index contributed by atoms with van der Waals surface area (Å²) < 4.78 is 41.3. The molecule has 7 nitrogen and oxygen atoms in total. The number of aromatic nitrogens is 3. The van der Waals surface area contributed by atoms with Gasteiger partial charge in [-0.05, 0) is 61.2 Å². The lowest BCUT2D eigenvalue weighted by Gasteiger charge is -2.18. The fourth-order valence-electron chi connectivity index (χ4n) is 4.18. The number of carbonyl (C=O) groups excluding carboxylic acids is 2. The molecule has 0 saturated heterocycles. The van der Waals surface area contributed by atoms with Gasteiger partial charge >= 0.3 is 6.18 Å². The Labute approximate surface area is 214 Å². The second-order valence-electron chi connectivity index (χ2n) is 9.05. The van der Waals surface area contributed by atoms with Crippen molar-refractivity contribution in [1.82, 2.24) is 20.1 Å². The van der Waals surface area contributed by atoms with E-state index in [1.165, 1.54) is 12.1 Å².